The van der Waals surface area contributed by atoms with Gasteiger partial charge in [-0.25, -0.2) is 8.42 Å². The average Bonchev–Trinajstić information content (AvgIpc) is 2.63. The molecular weight excluding hydrogens is 332 g/mol. The fourth-order valence-corrected chi connectivity index (χ4v) is 4.26. The summed E-state index contributed by atoms with van der Waals surface area (Å²) in [6, 6.07) is 3.15. The van der Waals surface area contributed by atoms with Crippen molar-refractivity contribution in [2.24, 2.45) is 0 Å². The van der Waals surface area contributed by atoms with Crippen molar-refractivity contribution in [3.63, 3.8) is 0 Å². The van der Waals surface area contributed by atoms with Crippen molar-refractivity contribution in [2.75, 3.05) is 59.0 Å². The molecule has 2 aliphatic rings. The Morgan fingerprint density at radius 3 is 2.46 bits per heavy atom. The lowest BCUT2D eigenvalue weighted by Gasteiger charge is -2.35. The van der Waals surface area contributed by atoms with Gasteiger partial charge in [-0.05, 0) is 12.1 Å². The van der Waals surface area contributed by atoms with Gasteiger partial charge >= 0.3 is 0 Å². The van der Waals surface area contributed by atoms with Crippen molar-refractivity contribution in [1.29, 1.82) is 0 Å². The fraction of sp³-hybridized carbons (Fsp3) is 0.600. The van der Waals surface area contributed by atoms with E-state index in [2.05, 4.69) is 9.88 Å². The maximum atomic E-state index is 12.5. The highest BCUT2D eigenvalue weighted by molar-refractivity contribution is 7.89. The van der Waals surface area contributed by atoms with E-state index in [-0.39, 0.29) is 10.8 Å². The summed E-state index contributed by atoms with van der Waals surface area (Å²) < 4.78 is 31.8. The van der Waals surface area contributed by atoms with Crippen LogP contribution in [0.5, 0.6) is 0 Å². The van der Waals surface area contributed by atoms with Crippen LogP contribution in [-0.2, 0) is 19.6 Å². The van der Waals surface area contributed by atoms with Gasteiger partial charge in [-0.3, -0.25) is 14.7 Å². The van der Waals surface area contributed by atoms with E-state index in [1.807, 2.05) is 0 Å². The van der Waals surface area contributed by atoms with E-state index >= 15 is 0 Å². The first-order valence-electron chi connectivity index (χ1n) is 8.05. The normalized spacial score (nSPS) is 20.9. The van der Waals surface area contributed by atoms with Crippen LogP contribution in [0, 0.1) is 0 Å². The Hall–Kier alpha value is -1.55. The number of sulfonamides is 1. The number of nitrogens with zero attached hydrogens (tertiary/aromatic N) is 4. The maximum Gasteiger partial charge on any atom is 0.244 e. The van der Waals surface area contributed by atoms with Gasteiger partial charge < -0.3 is 9.64 Å². The zero-order valence-corrected chi connectivity index (χ0v) is 14.3. The monoisotopic (exact) mass is 354 g/mol. The lowest BCUT2D eigenvalue weighted by Crippen LogP contribution is -2.53. The van der Waals surface area contributed by atoms with E-state index < -0.39 is 10.0 Å². The molecule has 2 fully saturated rings. The van der Waals surface area contributed by atoms with Crippen LogP contribution < -0.4 is 0 Å². The molecule has 1 aromatic heterocycles. The van der Waals surface area contributed by atoms with Crippen LogP contribution in [0.2, 0.25) is 0 Å². The molecule has 0 aliphatic carbocycles. The Labute approximate surface area is 142 Å². The molecule has 0 atom stereocenters. The Kier molecular flexibility index (Phi) is 5.44. The molecule has 2 aliphatic heterocycles. The predicted octanol–water partition coefficient (Wildman–Crippen LogP) is -0.753. The lowest BCUT2D eigenvalue weighted by atomic mass is 10.3. The third kappa shape index (κ3) is 3.92. The Morgan fingerprint density at radius 1 is 1.12 bits per heavy atom. The summed E-state index contributed by atoms with van der Waals surface area (Å²) in [4.78, 5) is 20.2. The Morgan fingerprint density at radius 2 is 1.83 bits per heavy atom. The molecular formula is C15H22N4O4S. The molecule has 0 unspecified atom stereocenters. The van der Waals surface area contributed by atoms with E-state index in [9.17, 15) is 13.2 Å². The molecule has 0 radical (unpaired) electrons. The number of hydrogen-bond acceptors (Lipinski definition) is 6. The van der Waals surface area contributed by atoms with Gasteiger partial charge in [-0.15, -0.1) is 0 Å². The number of ether oxygens (including phenoxy) is 1. The molecule has 9 heteroatoms. The summed E-state index contributed by atoms with van der Waals surface area (Å²) >= 11 is 0. The third-order valence-electron chi connectivity index (χ3n) is 4.33. The molecule has 0 N–H and O–H groups in total. The number of pyridine rings is 1. The molecule has 132 valence electrons. The largest absolute Gasteiger partial charge is 0.379 e. The number of morpholine rings is 1. The highest BCUT2D eigenvalue weighted by atomic mass is 32.2. The second-order valence-corrected chi connectivity index (χ2v) is 7.80. The van der Waals surface area contributed by atoms with Crippen molar-refractivity contribution >= 4 is 15.9 Å². The van der Waals surface area contributed by atoms with E-state index in [0.29, 0.717) is 45.9 Å². The molecule has 2 saturated heterocycles. The highest BCUT2D eigenvalue weighted by Crippen LogP contribution is 2.16. The van der Waals surface area contributed by atoms with E-state index in [0.717, 1.165) is 13.1 Å². The lowest BCUT2D eigenvalue weighted by molar-refractivity contribution is -0.134. The molecule has 0 saturated carbocycles. The number of carbonyl (C=O) groups is 1. The van der Waals surface area contributed by atoms with Gasteiger partial charge in [0.15, 0.2) is 0 Å². The molecule has 0 aromatic carbocycles. The number of aromatic nitrogens is 1. The molecule has 3 rings (SSSR count). The van der Waals surface area contributed by atoms with Crippen LogP contribution in [0.3, 0.4) is 0 Å². The molecule has 3 heterocycles. The van der Waals surface area contributed by atoms with Crippen LogP contribution in [-0.4, -0.2) is 92.4 Å². The Bertz CT molecular complexity index is 653. The minimum atomic E-state index is -3.53. The van der Waals surface area contributed by atoms with Crippen molar-refractivity contribution in [2.45, 2.75) is 4.90 Å². The first-order valence-corrected chi connectivity index (χ1v) is 9.49. The van der Waals surface area contributed by atoms with Crippen LogP contribution >= 0.6 is 0 Å². The van der Waals surface area contributed by atoms with E-state index in [1.165, 1.54) is 16.6 Å². The van der Waals surface area contributed by atoms with Gasteiger partial charge in [0.05, 0.1) is 19.8 Å². The minimum absolute atomic E-state index is 0.0512. The summed E-state index contributed by atoms with van der Waals surface area (Å²) in [7, 11) is -3.53. The van der Waals surface area contributed by atoms with Gasteiger partial charge in [0, 0.05) is 51.7 Å². The number of carbonyl (C=O) groups excluding carboxylic acids is 1. The molecule has 24 heavy (non-hydrogen) atoms. The molecule has 1 aromatic rings. The quantitative estimate of drug-likeness (QED) is 0.707. The zero-order chi connectivity index (χ0) is 17.0. The maximum absolute atomic E-state index is 12.5. The fourth-order valence-electron chi connectivity index (χ4n) is 2.88. The summed E-state index contributed by atoms with van der Waals surface area (Å²) in [6.07, 6.45) is 2.90. The summed E-state index contributed by atoms with van der Waals surface area (Å²) in [5.41, 5.74) is 0. The van der Waals surface area contributed by atoms with E-state index in [4.69, 9.17) is 4.74 Å². The first kappa shape index (κ1) is 17.3. The van der Waals surface area contributed by atoms with Crippen LogP contribution in [0.15, 0.2) is 29.4 Å². The Balaban J connectivity index is 1.54. The second-order valence-electron chi connectivity index (χ2n) is 5.86. The number of piperazine rings is 1. The van der Waals surface area contributed by atoms with Crippen molar-refractivity contribution in [3.8, 4) is 0 Å². The van der Waals surface area contributed by atoms with Crippen molar-refractivity contribution in [1.82, 2.24) is 19.1 Å². The predicted molar refractivity (Wildman–Crippen MR) is 86.8 cm³/mol. The van der Waals surface area contributed by atoms with Crippen molar-refractivity contribution < 1.29 is 17.9 Å². The van der Waals surface area contributed by atoms with Gasteiger partial charge in [-0.1, -0.05) is 0 Å². The van der Waals surface area contributed by atoms with Gasteiger partial charge in [0.1, 0.15) is 4.90 Å². The first-order chi connectivity index (χ1) is 11.6. The van der Waals surface area contributed by atoms with Crippen LogP contribution in [0.25, 0.3) is 0 Å². The molecule has 0 bridgehead atoms. The number of rotatable bonds is 4. The highest BCUT2D eigenvalue weighted by Gasteiger charge is 2.30. The van der Waals surface area contributed by atoms with E-state index in [1.54, 1.807) is 17.2 Å². The second kappa shape index (κ2) is 7.56. The summed E-state index contributed by atoms with van der Waals surface area (Å²) in [6.45, 7) is 4.68. The van der Waals surface area contributed by atoms with Crippen molar-refractivity contribution in [3.05, 3.63) is 24.5 Å². The minimum Gasteiger partial charge on any atom is -0.379 e. The topological polar surface area (TPSA) is 83.0 Å². The standard InChI is InChI=1S/C15H22N4O4S/c20-15(13-17-8-10-23-11-9-17)18-4-6-19(7-5-18)24(21,22)14-2-1-3-16-12-14/h1-3,12H,4-11,13H2. The number of hydrogen-bond donors (Lipinski definition) is 0. The van der Waals surface area contributed by atoms with Crippen LogP contribution in [0.4, 0.5) is 0 Å². The van der Waals surface area contributed by atoms with Gasteiger partial charge in [-0.2, -0.15) is 4.31 Å². The van der Waals surface area contributed by atoms with Gasteiger partial charge in [0.25, 0.3) is 0 Å². The third-order valence-corrected chi connectivity index (χ3v) is 6.21. The molecule has 1 amide bonds. The number of amides is 1. The SMILES string of the molecule is O=C(CN1CCOCC1)N1CCN(S(=O)(=O)c2cccnc2)CC1. The molecule has 0 spiro atoms. The zero-order valence-electron chi connectivity index (χ0n) is 13.5. The van der Waals surface area contributed by atoms with Gasteiger partial charge in [0.2, 0.25) is 15.9 Å². The summed E-state index contributed by atoms with van der Waals surface area (Å²) in [5.74, 6) is 0.0512. The smallest absolute Gasteiger partial charge is 0.244 e. The van der Waals surface area contributed by atoms with Crippen LogP contribution in [0.1, 0.15) is 0 Å². The summed E-state index contributed by atoms with van der Waals surface area (Å²) in [5, 5.41) is 0. The average molecular weight is 354 g/mol. The molecule has 8 nitrogen and oxygen atoms in total.